The molecule has 0 unspecified atom stereocenters. The maximum atomic E-state index is 12.0. The number of carbonyl (C=O) groups is 2. The predicted octanol–water partition coefficient (Wildman–Crippen LogP) is 1.42. The SMILES string of the molecule is O=C1C(=O)c2c(=O)[nH]c(=O)c1c1cc3ccccc3cc21. The van der Waals surface area contributed by atoms with Crippen LogP contribution in [0, 0.1) is 0 Å². The van der Waals surface area contributed by atoms with Crippen molar-refractivity contribution in [3.05, 3.63) is 68.2 Å². The number of ketones is 2. The average Bonchev–Trinajstić information content (AvgIpc) is 2.61. The van der Waals surface area contributed by atoms with Crippen LogP contribution in [-0.4, -0.2) is 16.6 Å². The Kier molecular flexibility index (Phi) is 2.08. The van der Waals surface area contributed by atoms with E-state index in [1.165, 1.54) is 0 Å². The maximum Gasteiger partial charge on any atom is 0.262 e. The molecule has 2 aromatic carbocycles. The lowest BCUT2D eigenvalue weighted by Crippen LogP contribution is -2.24. The van der Waals surface area contributed by atoms with Gasteiger partial charge in [0.1, 0.15) is 0 Å². The van der Waals surface area contributed by atoms with Gasteiger partial charge in [-0.25, -0.2) is 0 Å². The van der Waals surface area contributed by atoms with Gasteiger partial charge in [0.05, 0.1) is 11.1 Å². The Hall–Kier alpha value is -3.08. The molecule has 5 heteroatoms. The number of nitrogens with one attached hydrogen (secondary N) is 1. The summed E-state index contributed by atoms with van der Waals surface area (Å²) >= 11 is 0. The average molecular weight is 277 g/mol. The van der Waals surface area contributed by atoms with Crippen LogP contribution in [0.15, 0.2) is 46.0 Å². The molecule has 0 saturated carbocycles. The summed E-state index contributed by atoms with van der Waals surface area (Å²) in [6.45, 7) is 0. The van der Waals surface area contributed by atoms with Gasteiger partial charge in [-0.2, -0.15) is 0 Å². The number of aromatic nitrogens is 1. The predicted molar refractivity (Wildman–Crippen MR) is 77.0 cm³/mol. The molecule has 5 nitrogen and oxygen atoms in total. The van der Waals surface area contributed by atoms with E-state index in [2.05, 4.69) is 4.98 Å². The monoisotopic (exact) mass is 277 g/mol. The van der Waals surface area contributed by atoms with Gasteiger partial charge in [-0.1, -0.05) is 24.3 Å². The summed E-state index contributed by atoms with van der Waals surface area (Å²) < 4.78 is 0. The van der Waals surface area contributed by atoms with Crippen molar-refractivity contribution in [1.82, 2.24) is 4.98 Å². The van der Waals surface area contributed by atoms with Gasteiger partial charge >= 0.3 is 0 Å². The highest BCUT2D eigenvalue weighted by Crippen LogP contribution is 2.28. The van der Waals surface area contributed by atoms with Crippen molar-refractivity contribution in [3.8, 4) is 0 Å². The van der Waals surface area contributed by atoms with Crippen LogP contribution in [0.2, 0.25) is 0 Å². The summed E-state index contributed by atoms with van der Waals surface area (Å²) in [5.41, 5.74) is -2.14. The zero-order chi connectivity index (χ0) is 14.7. The van der Waals surface area contributed by atoms with Crippen molar-refractivity contribution >= 4 is 33.1 Å². The second kappa shape index (κ2) is 3.73. The summed E-state index contributed by atoms with van der Waals surface area (Å²) in [5.74, 6) is -1.84. The number of hydrogen-bond acceptors (Lipinski definition) is 4. The van der Waals surface area contributed by atoms with Gasteiger partial charge in [-0.3, -0.25) is 24.2 Å². The number of aromatic amines is 1. The summed E-state index contributed by atoms with van der Waals surface area (Å²) in [5, 5.41) is 2.35. The molecule has 0 saturated heterocycles. The third-order valence-corrected chi connectivity index (χ3v) is 3.77. The largest absolute Gasteiger partial charge is 0.288 e. The van der Waals surface area contributed by atoms with Crippen LogP contribution < -0.4 is 11.1 Å². The van der Waals surface area contributed by atoms with Crippen LogP contribution in [0.3, 0.4) is 0 Å². The van der Waals surface area contributed by atoms with Gasteiger partial charge in [0.15, 0.2) is 0 Å². The molecule has 0 radical (unpaired) electrons. The van der Waals surface area contributed by atoms with Crippen molar-refractivity contribution in [2.24, 2.45) is 0 Å². The number of benzene rings is 2. The lowest BCUT2D eigenvalue weighted by atomic mass is 9.90. The number of hydrogen-bond donors (Lipinski definition) is 1. The molecule has 1 aliphatic carbocycles. The quantitative estimate of drug-likeness (QED) is 0.630. The van der Waals surface area contributed by atoms with E-state index in [0.29, 0.717) is 10.8 Å². The van der Waals surface area contributed by atoms with Gasteiger partial charge in [-0.15, -0.1) is 0 Å². The highest BCUT2D eigenvalue weighted by molar-refractivity contribution is 6.54. The lowest BCUT2D eigenvalue weighted by molar-refractivity contribution is 0.0817. The van der Waals surface area contributed by atoms with Crippen LogP contribution in [0.1, 0.15) is 20.7 Å². The fourth-order valence-corrected chi connectivity index (χ4v) is 2.80. The molecule has 0 atom stereocenters. The van der Waals surface area contributed by atoms with E-state index in [9.17, 15) is 19.2 Å². The van der Waals surface area contributed by atoms with E-state index in [0.717, 1.165) is 10.8 Å². The topological polar surface area (TPSA) is 84.1 Å². The number of carbonyl (C=O) groups excluding carboxylic acids is 2. The van der Waals surface area contributed by atoms with E-state index >= 15 is 0 Å². The second-order valence-corrected chi connectivity index (χ2v) is 4.94. The van der Waals surface area contributed by atoms with Gasteiger partial charge in [0.2, 0.25) is 11.6 Å². The van der Waals surface area contributed by atoms with Crippen LogP contribution in [0.4, 0.5) is 0 Å². The Balaban J connectivity index is 2.44. The molecular weight excluding hydrogens is 270 g/mol. The number of rotatable bonds is 0. The van der Waals surface area contributed by atoms with Gasteiger partial charge < -0.3 is 0 Å². The number of H-pyrrole nitrogens is 1. The minimum absolute atomic E-state index is 0.254. The molecule has 1 N–H and O–H groups in total. The molecule has 5 rings (SSSR count). The second-order valence-electron chi connectivity index (χ2n) is 4.94. The smallest absolute Gasteiger partial charge is 0.262 e. The molecule has 3 aromatic rings. The molecule has 2 bridgehead atoms. The molecule has 0 spiro atoms. The minimum Gasteiger partial charge on any atom is -0.288 e. The number of Topliss-reactive ketones (excluding diaryl/α,β-unsaturated/α-hetero) is 2. The van der Waals surface area contributed by atoms with E-state index < -0.39 is 22.7 Å². The Bertz CT molecular complexity index is 1020. The van der Waals surface area contributed by atoms with Crippen LogP contribution >= 0.6 is 0 Å². The van der Waals surface area contributed by atoms with Crippen molar-refractivity contribution in [3.63, 3.8) is 0 Å². The maximum absolute atomic E-state index is 12.0. The molecule has 0 fully saturated rings. The van der Waals surface area contributed by atoms with E-state index in [1.54, 1.807) is 12.1 Å². The lowest BCUT2D eigenvalue weighted by Gasteiger charge is -2.09. The van der Waals surface area contributed by atoms with Gasteiger partial charge in [0, 0.05) is 10.8 Å². The summed E-state index contributed by atoms with van der Waals surface area (Å²) in [6, 6.07) is 10.7. The third-order valence-electron chi connectivity index (χ3n) is 3.77. The minimum atomic E-state index is -0.920. The molecule has 2 heterocycles. The van der Waals surface area contributed by atoms with Crippen molar-refractivity contribution in [2.75, 3.05) is 0 Å². The first kappa shape index (κ1) is 11.7. The number of fused-ring (bicyclic) bond motifs is 4. The van der Waals surface area contributed by atoms with Crippen molar-refractivity contribution in [2.45, 2.75) is 0 Å². The molecule has 100 valence electrons. The van der Waals surface area contributed by atoms with E-state index in [4.69, 9.17) is 0 Å². The zero-order valence-electron chi connectivity index (χ0n) is 10.6. The van der Waals surface area contributed by atoms with Gasteiger partial charge in [-0.05, 0) is 22.9 Å². The van der Waals surface area contributed by atoms with Gasteiger partial charge in [0.25, 0.3) is 11.1 Å². The molecule has 21 heavy (non-hydrogen) atoms. The molecule has 2 aliphatic rings. The third kappa shape index (κ3) is 1.40. The van der Waals surface area contributed by atoms with Crippen LogP contribution in [0.25, 0.3) is 21.5 Å². The standard InChI is InChI=1S/C16H7NO4/c18-13-11-9-5-7-3-1-2-4-8(7)6-10(9)12(14(13)19)16(21)17-15(11)20/h1-6H,(H,17,20,21). The summed E-state index contributed by atoms with van der Waals surface area (Å²) in [4.78, 5) is 50.1. The zero-order valence-corrected chi connectivity index (χ0v) is 10.6. The molecule has 0 amide bonds. The summed E-state index contributed by atoms with van der Waals surface area (Å²) in [7, 11) is 0. The Morgan fingerprint density at radius 1 is 0.667 bits per heavy atom. The fourth-order valence-electron chi connectivity index (χ4n) is 2.80. The highest BCUT2D eigenvalue weighted by atomic mass is 16.2. The Morgan fingerprint density at radius 3 is 1.52 bits per heavy atom. The summed E-state index contributed by atoms with van der Waals surface area (Å²) in [6.07, 6.45) is 0. The molecule has 1 aromatic heterocycles. The first-order valence-electron chi connectivity index (χ1n) is 6.30. The van der Waals surface area contributed by atoms with Crippen molar-refractivity contribution < 1.29 is 9.59 Å². The first-order chi connectivity index (χ1) is 10.1. The van der Waals surface area contributed by atoms with Crippen LogP contribution in [-0.2, 0) is 0 Å². The Labute approximate surface area is 116 Å². The normalized spacial score (nSPS) is 13.3. The van der Waals surface area contributed by atoms with Crippen LogP contribution in [0.5, 0.6) is 0 Å². The van der Waals surface area contributed by atoms with E-state index in [1.807, 2.05) is 24.3 Å². The highest BCUT2D eigenvalue weighted by Gasteiger charge is 2.33. The van der Waals surface area contributed by atoms with Crippen molar-refractivity contribution in [1.29, 1.82) is 0 Å². The molecular formula is C16H7NO4. The molecule has 1 aliphatic heterocycles. The fraction of sp³-hybridized carbons (Fsp3) is 0. The first-order valence-corrected chi connectivity index (χ1v) is 6.30. The van der Waals surface area contributed by atoms with E-state index in [-0.39, 0.29) is 11.1 Å². The Morgan fingerprint density at radius 2 is 1.10 bits per heavy atom.